The van der Waals surface area contributed by atoms with Crippen LogP contribution in [0.15, 0.2) is 36.4 Å². The van der Waals surface area contributed by atoms with Crippen molar-refractivity contribution in [1.29, 1.82) is 0 Å². The maximum absolute atomic E-state index is 12.5. The number of carbonyl (C=O) groups excluding carboxylic acids is 3. The largest absolute Gasteiger partial charge is 0.508 e. The fourth-order valence-electron chi connectivity index (χ4n) is 5.08. The van der Waals surface area contributed by atoms with Crippen LogP contribution in [0.3, 0.4) is 0 Å². The molecule has 2 rings (SSSR count). The maximum Gasteiger partial charge on any atom is 0.328 e. The summed E-state index contributed by atoms with van der Waals surface area (Å²) in [6, 6.07) is 5.78. The van der Waals surface area contributed by atoms with Gasteiger partial charge in [0.25, 0.3) is 0 Å². The van der Waals surface area contributed by atoms with Gasteiger partial charge in [-0.25, -0.2) is 4.79 Å². The molecule has 1 amide bonds. The summed E-state index contributed by atoms with van der Waals surface area (Å²) < 4.78 is 5.13. The number of Topliss-reactive ketones (excluding diaryl/α,β-unsaturated/α-hetero) is 1. The first-order valence-electron chi connectivity index (χ1n) is 14.5. The van der Waals surface area contributed by atoms with Crippen molar-refractivity contribution in [2.45, 2.75) is 109 Å². The Labute approximate surface area is 228 Å². The number of benzene rings is 1. The molecule has 1 aliphatic rings. The van der Waals surface area contributed by atoms with Gasteiger partial charge in [0.2, 0.25) is 5.91 Å². The molecule has 0 aliphatic heterocycles. The van der Waals surface area contributed by atoms with Gasteiger partial charge in [0.1, 0.15) is 17.6 Å². The molecule has 0 heterocycles. The van der Waals surface area contributed by atoms with E-state index in [1.54, 1.807) is 31.2 Å². The first-order valence-corrected chi connectivity index (χ1v) is 14.5. The van der Waals surface area contributed by atoms with E-state index in [-0.39, 0.29) is 30.1 Å². The second kappa shape index (κ2) is 17.8. The summed E-state index contributed by atoms with van der Waals surface area (Å²) >= 11 is 0. The number of hydrogen-bond donors (Lipinski definition) is 3. The summed E-state index contributed by atoms with van der Waals surface area (Å²) in [6.07, 6.45) is 14.0. The first kappa shape index (κ1) is 31.5. The normalized spacial score (nSPS) is 19.0. The number of phenols is 1. The number of ketones is 1. The van der Waals surface area contributed by atoms with Crippen molar-refractivity contribution in [2.24, 2.45) is 11.8 Å². The number of aliphatic hydroxyl groups excluding tert-OH is 1. The van der Waals surface area contributed by atoms with E-state index in [4.69, 9.17) is 4.74 Å². The number of unbranched alkanes of at least 4 members (excludes halogenated alkanes) is 5. The average Bonchev–Trinajstić information content (AvgIpc) is 3.25. The van der Waals surface area contributed by atoms with Crippen molar-refractivity contribution in [3.8, 4) is 5.75 Å². The molecule has 0 saturated heterocycles. The van der Waals surface area contributed by atoms with Crippen LogP contribution in [-0.4, -0.2) is 46.6 Å². The Hall–Kier alpha value is -2.67. The van der Waals surface area contributed by atoms with Crippen molar-refractivity contribution in [1.82, 2.24) is 5.32 Å². The van der Waals surface area contributed by atoms with E-state index in [0.717, 1.165) is 63.4 Å². The smallest absolute Gasteiger partial charge is 0.328 e. The van der Waals surface area contributed by atoms with E-state index in [2.05, 4.69) is 18.3 Å². The van der Waals surface area contributed by atoms with Crippen LogP contribution in [0.4, 0.5) is 0 Å². The van der Waals surface area contributed by atoms with E-state index in [9.17, 15) is 24.6 Å². The van der Waals surface area contributed by atoms with Gasteiger partial charge in [-0.1, -0.05) is 69.7 Å². The molecule has 7 nitrogen and oxygen atoms in total. The third kappa shape index (κ3) is 11.8. The summed E-state index contributed by atoms with van der Waals surface area (Å²) in [5, 5.41) is 22.4. The van der Waals surface area contributed by atoms with E-state index in [1.165, 1.54) is 0 Å². The molecular formula is C31H47NO6. The topological polar surface area (TPSA) is 113 Å². The highest BCUT2D eigenvalue weighted by Crippen LogP contribution is 2.34. The Morgan fingerprint density at radius 1 is 1.08 bits per heavy atom. The Kier molecular flexibility index (Phi) is 14.8. The lowest BCUT2D eigenvalue weighted by atomic mass is 9.89. The summed E-state index contributed by atoms with van der Waals surface area (Å²) in [5.74, 6) is 0.0948. The van der Waals surface area contributed by atoms with Gasteiger partial charge >= 0.3 is 5.97 Å². The van der Waals surface area contributed by atoms with E-state index in [0.29, 0.717) is 31.5 Å². The highest BCUT2D eigenvalue weighted by Gasteiger charge is 2.32. The zero-order valence-electron chi connectivity index (χ0n) is 23.2. The van der Waals surface area contributed by atoms with Crippen molar-refractivity contribution >= 4 is 17.7 Å². The van der Waals surface area contributed by atoms with Crippen LogP contribution in [0.5, 0.6) is 5.75 Å². The van der Waals surface area contributed by atoms with Gasteiger partial charge < -0.3 is 20.3 Å². The zero-order valence-corrected chi connectivity index (χ0v) is 23.2. The van der Waals surface area contributed by atoms with Gasteiger partial charge in [0.05, 0.1) is 12.7 Å². The molecule has 0 radical (unpaired) electrons. The number of nitrogens with one attached hydrogen (secondary N) is 1. The van der Waals surface area contributed by atoms with Crippen LogP contribution in [-0.2, 0) is 25.5 Å². The minimum absolute atomic E-state index is 0.0441. The summed E-state index contributed by atoms with van der Waals surface area (Å²) in [4.78, 5) is 37.3. The number of allylic oxidation sites excluding steroid dienone is 1. The molecule has 1 saturated carbocycles. The van der Waals surface area contributed by atoms with Gasteiger partial charge in [0.15, 0.2) is 0 Å². The second-order valence-electron chi connectivity index (χ2n) is 10.4. The molecule has 1 fully saturated rings. The number of esters is 1. The number of hydrogen-bond acceptors (Lipinski definition) is 6. The third-order valence-corrected chi connectivity index (χ3v) is 7.29. The zero-order chi connectivity index (χ0) is 27.8. The third-order valence-electron chi connectivity index (χ3n) is 7.29. The van der Waals surface area contributed by atoms with Crippen molar-refractivity contribution in [3.05, 3.63) is 42.0 Å². The maximum atomic E-state index is 12.5. The minimum atomic E-state index is -0.768. The molecule has 1 aromatic rings. The van der Waals surface area contributed by atoms with Gasteiger partial charge in [-0.05, 0) is 56.2 Å². The standard InChI is InChI=1S/C31H47NO6/c1-3-5-8-11-25(33)20-16-24-17-21-29(35)27(24)12-9-6-7-10-13-30(36)32-28(31(37)38-4-2)22-23-14-18-26(34)19-15-23/h14-16,18-20,24-25,27-28,33-34H,3-13,17,21-22H2,1-2H3,(H,32,36)/b20-16+/t24-,25+,27+,28-/m0/s1. The van der Waals surface area contributed by atoms with Crippen LogP contribution in [0, 0.1) is 11.8 Å². The second-order valence-corrected chi connectivity index (χ2v) is 10.4. The molecule has 0 bridgehead atoms. The molecule has 0 aromatic heterocycles. The average molecular weight is 530 g/mol. The molecular weight excluding hydrogens is 482 g/mol. The lowest BCUT2D eigenvalue weighted by molar-refractivity contribution is -0.147. The Morgan fingerprint density at radius 2 is 1.82 bits per heavy atom. The van der Waals surface area contributed by atoms with Gasteiger partial charge in [-0.15, -0.1) is 0 Å². The van der Waals surface area contributed by atoms with Crippen LogP contribution in [0.1, 0.15) is 96.5 Å². The molecule has 1 aromatic carbocycles. The molecule has 0 unspecified atom stereocenters. The highest BCUT2D eigenvalue weighted by atomic mass is 16.5. The van der Waals surface area contributed by atoms with Gasteiger partial charge in [0, 0.05) is 25.2 Å². The predicted molar refractivity (Wildman–Crippen MR) is 149 cm³/mol. The van der Waals surface area contributed by atoms with Crippen LogP contribution in [0.25, 0.3) is 0 Å². The van der Waals surface area contributed by atoms with Crippen LogP contribution in [0.2, 0.25) is 0 Å². The Morgan fingerprint density at radius 3 is 2.53 bits per heavy atom. The quantitative estimate of drug-likeness (QED) is 0.133. The van der Waals surface area contributed by atoms with Crippen molar-refractivity contribution in [3.63, 3.8) is 0 Å². The number of phenolic OH excluding ortho intramolecular Hbond substituents is 1. The number of aliphatic hydroxyl groups is 1. The fraction of sp³-hybridized carbons (Fsp3) is 0.645. The first-order chi connectivity index (χ1) is 18.3. The minimum Gasteiger partial charge on any atom is -0.508 e. The van der Waals surface area contributed by atoms with E-state index >= 15 is 0 Å². The molecule has 38 heavy (non-hydrogen) atoms. The molecule has 212 valence electrons. The monoisotopic (exact) mass is 529 g/mol. The molecule has 7 heteroatoms. The van der Waals surface area contributed by atoms with Gasteiger partial charge in [-0.3, -0.25) is 9.59 Å². The Bertz CT molecular complexity index is 881. The van der Waals surface area contributed by atoms with E-state index in [1.807, 2.05) is 6.08 Å². The Balaban J connectivity index is 1.70. The van der Waals surface area contributed by atoms with Crippen molar-refractivity contribution < 1.29 is 29.3 Å². The molecule has 3 N–H and O–H groups in total. The van der Waals surface area contributed by atoms with Gasteiger partial charge in [-0.2, -0.15) is 0 Å². The number of amides is 1. The van der Waals surface area contributed by atoms with E-state index < -0.39 is 18.1 Å². The SMILES string of the molecule is CCCCC[C@@H](O)/C=C/[C@H]1CCC(=O)[C@@H]1CCCCCCC(=O)N[C@@H](Cc1ccc(O)cc1)C(=O)OCC. The predicted octanol–water partition coefficient (Wildman–Crippen LogP) is 5.42. The fourth-order valence-corrected chi connectivity index (χ4v) is 5.08. The number of aromatic hydroxyl groups is 1. The number of carbonyl (C=O) groups is 3. The molecule has 0 spiro atoms. The number of ether oxygens (including phenoxy) is 1. The number of rotatable bonds is 18. The lowest BCUT2D eigenvalue weighted by Crippen LogP contribution is -2.43. The molecule has 1 aliphatic carbocycles. The molecule has 4 atom stereocenters. The lowest BCUT2D eigenvalue weighted by Gasteiger charge is -2.18. The highest BCUT2D eigenvalue weighted by molar-refractivity contribution is 5.85. The summed E-state index contributed by atoms with van der Waals surface area (Å²) in [7, 11) is 0. The summed E-state index contributed by atoms with van der Waals surface area (Å²) in [6.45, 7) is 4.11. The van der Waals surface area contributed by atoms with Crippen LogP contribution >= 0.6 is 0 Å². The summed E-state index contributed by atoms with van der Waals surface area (Å²) in [5.41, 5.74) is 0.821. The van der Waals surface area contributed by atoms with Crippen LogP contribution < -0.4 is 5.32 Å². The van der Waals surface area contributed by atoms with Crippen molar-refractivity contribution in [2.75, 3.05) is 6.61 Å².